The predicted molar refractivity (Wildman–Crippen MR) is 86.6 cm³/mol. The van der Waals surface area contributed by atoms with Gasteiger partial charge < -0.3 is 9.47 Å². The lowest BCUT2D eigenvalue weighted by Crippen LogP contribution is -2.37. The van der Waals surface area contributed by atoms with E-state index in [9.17, 15) is 18.0 Å². The van der Waals surface area contributed by atoms with Gasteiger partial charge in [-0.2, -0.15) is 17.7 Å². The minimum atomic E-state index is -4.41. The zero-order valence-corrected chi connectivity index (χ0v) is 14.6. The Bertz CT molecular complexity index is 747. The van der Waals surface area contributed by atoms with E-state index in [0.29, 0.717) is 0 Å². The van der Waals surface area contributed by atoms with E-state index in [1.54, 1.807) is 10.8 Å². The largest absolute Gasteiger partial charge is 0.493 e. The number of rotatable bonds is 4. The number of halogens is 3. The van der Waals surface area contributed by atoms with Gasteiger partial charge in [0.15, 0.2) is 18.2 Å². The Kier molecular flexibility index (Phi) is 7.70. The number of alkyl halides is 3. The molecule has 0 bridgehead atoms. The first-order valence-corrected chi connectivity index (χ1v) is 7.33. The number of aromatic nitrogens is 3. The maximum Gasteiger partial charge on any atom is 0.448 e. The van der Waals surface area contributed by atoms with Gasteiger partial charge in [0.05, 0.1) is 19.9 Å². The molecule has 2 heterocycles. The molecule has 0 radical (unpaired) electrons. The summed E-state index contributed by atoms with van der Waals surface area (Å²) in [6.07, 6.45) is 0.968. The topological polar surface area (TPSA) is 65.2 Å². The van der Waals surface area contributed by atoms with Gasteiger partial charge in [-0.15, -0.1) is 0 Å². The molecule has 26 heavy (non-hydrogen) atoms. The Balaban J connectivity index is 0.000000359. The molecular formula is C17H19F3N3O3+. The van der Waals surface area contributed by atoms with Gasteiger partial charge in [0.2, 0.25) is 6.54 Å². The molecule has 0 fully saturated rings. The van der Waals surface area contributed by atoms with Crippen LogP contribution in [-0.2, 0) is 20.8 Å². The average molecular weight is 370 g/mol. The lowest BCUT2D eigenvalue weighted by Gasteiger charge is -2.06. The SMILES string of the molecule is C=C(OC)C(F)(F)F.COC(=O)C[n+]1ccc(-c2ccnc(C)n2)cc1. The van der Waals surface area contributed by atoms with Crippen LogP contribution in [0.15, 0.2) is 49.1 Å². The molecule has 0 spiro atoms. The van der Waals surface area contributed by atoms with Gasteiger partial charge >= 0.3 is 12.1 Å². The molecule has 0 unspecified atom stereocenters. The van der Waals surface area contributed by atoms with Crippen molar-refractivity contribution in [2.24, 2.45) is 0 Å². The van der Waals surface area contributed by atoms with Crippen LogP contribution >= 0.6 is 0 Å². The molecule has 0 aliphatic carbocycles. The third kappa shape index (κ3) is 6.88. The number of allylic oxidation sites excluding steroid dienone is 1. The van der Waals surface area contributed by atoms with Crippen LogP contribution in [0.1, 0.15) is 5.82 Å². The van der Waals surface area contributed by atoms with Crippen molar-refractivity contribution in [1.82, 2.24) is 9.97 Å². The first kappa shape index (κ1) is 21.1. The summed E-state index contributed by atoms with van der Waals surface area (Å²) in [6, 6.07) is 5.67. The highest BCUT2D eigenvalue weighted by Gasteiger charge is 2.33. The number of aryl methyl sites for hydroxylation is 1. The smallest absolute Gasteiger partial charge is 0.448 e. The fourth-order valence-corrected chi connectivity index (χ4v) is 1.68. The quantitative estimate of drug-likeness (QED) is 0.470. The van der Waals surface area contributed by atoms with Crippen molar-refractivity contribution in [1.29, 1.82) is 0 Å². The average Bonchev–Trinajstić information content (AvgIpc) is 2.61. The van der Waals surface area contributed by atoms with Gasteiger partial charge in [-0.25, -0.2) is 14.8 Å². The second-order valence-electron chi connectivity index (χ2n) is 4.95. The summed E-state index contributed by atoms with van der Waals surface area (Å²) in [5.74, 6) is -0.707. The lowest BCUT2D eigenvalue weighted by atomic mass is 10.2. The highest BCUT2D eigenvalue weighted by molar-refractivity contribution is 5.67. The summed E-state index contributed by atoms with van der Waals surface area (Å²) >= 11 is 0. The highest BCUT2D eigenvalue weighted by atomic mass is 19.4. The Morgan fingerprint density at radius 2 is 1.81 bits per heavy atom. The molecule has 0 atom stereocenters. The summed E-state index contributed by atoms with van der Waals surface area (Å²) in [7, 11) is 2.30. The summed E-state index contributed by atoms with van der Waals surface area (Å²) in [5, 5.41) is 0. The van der Waals surface area contributed by atoms with Crippen molar-refractivity contribution in [3.63, 3.8) is 0 Å². The van der Waals surface area contributed by atoms with Gasteiger partial charge in [0.1, 0.15) is 5.82 Å². The molecule has 0 amide bonds. The summed E-state index contributed by atoms with van der Waals surface area (Å²) in [5.41, 5.74) is 1.86. The van der Waals surface area contributed by atoms with E-state index < -0.39 is 11.9 Å². The van der Waals surface area contributed by atoms with Crippen molar-refractivity contribution < 1.29 is 32.0 Å². The third-order valence-electron chi connectivity index (χ3n) is 3.06. The highest BCUT2D eigenvalue weighted by Crippen LogP contribution is 2.23. The summed E-state index contributed by atoms with van der Waals surface area (Å²) in [4.78, 5) is 19.5. The van der Waals surface area contributed by atoms with Crippen LogP contribution in [0.5, 0.6) is 0 Å². The predicted octanol–water partition coefficient (Wildman–Crippen LogP) is 2.62. The van der Waals surface area contributed by atoms with Crippen LogP contribution in [0.25, 0.3) is 11.3 Å². The van der Waals surface area contributed by atoms with Crippen molar-refractivity contribution in [3.8, 4) is 11.3 Å². The van der Waals surface area contributed by atoms with E-state index in [0.717, 1.165) is 24.2 Å². The Morgan fingerprint density at radius 3 is 2.23 bits per heavy atom. The molecular weight excluding hydrogens is 351 g/mol. The number of carbonyl (C=O) groups excluding carboxylic acids is 1. The van der Waals surface area contributed by atoms with E-state index in [-0.39, 0.29) is 12.5 Å². The van der Waals surface area contributed by atoms with E-state index in [1.807, 2.05) is 37.5 Å². The molecule has 140 valence electrons. The maximum atomic E-state index is 11.2. The molecule has 9 heteroatoms. The number of pyridine rings is 1. The van der Waals surface area contributed by atoms with Crippen molar-refractivity contribution in [3.05, 3.63) is 55.0 Å². The summed E-state index contributed by atoms with van der Waals surface area (Å²) in [6.45, 7) is 4.66. The number of methoxy groups -OCH3 is 2. The third-order valence-corrected chi connectivity index (χ3v) is 3.06. The Morgan fingerprint density at radius 1 is 1.19 bits per heavy atom. The molecule has 6 nitrogen and oxygen atoms in total. The van der Waals surface area contributed by atoms with Crippen LogP contribution in [0.2, 0.25) is 0 Å². The van der Waals surface area contributed by atoms with E-state index >= 15 is 0 Å². The Labute approximate surface area is 148 Å². The molecule has 2 rings (SSSR count). The van der Waals surface area contributed by atoms with Crippen molar-refractivity contribution in [2.45, 2.75) is 19.6 Å². The van der Waals surface area contributed by atoms with Gasteiger partial charge in [-0.1, -0.05) is 6.58 Å². The van der Waals surface area contributed by atoms with E-state index in [4.69, 9.17) is 0 Å². The van der Waals surface area contributed by atoms with Crippen molar-refractivity contribution >= 4 is 5.97 Å². The van der Waals surface area contributed by atoms with Crippen LogP contribution < -0.4 is 4.57 Å². The zero-order chi connectivity index (χ0) is 19.7. The number of carbonyl (C=O) groups is 1. The standard InChI is InChI=1S/C13H14N3O2.C4H5F3O/c1-10-14-6-3-12(15-10)11-4-7-16(8-5-11)9-13(17)18-2;1-3(8-2)4(5,6)7/h3-8H,9H2,1-2H3;1H2,2H3/q+1;. The fraction of sp³-hybridized carbons (Fsp3) is 0.294. The first-order valence-electron chi connectivity index (χ1n) is 7.33. The molecule has 2 aromatic heterocycles. The molecule has 0 saturated heterocycles. The molecule has 2 aromatic rings. The van der Waals surface area contributed by atoms with Crippen LogP contribution in [-0.4, -0.2) is 36.3 Å². The maximum absolute atomic E-state index is 11.2. The second-order valence-corrected chi connectivity index (χ2v) is 4.95. The normalized spacial score (nSPS) is 10.4. The van der Waals surface area contributed by atoms with Crippen LogP contribution in [0.4, 0.5) is 13.2 Å². The molecule has 0 N–H and O–H groups in total. The lowest BCUT2D eigenvalue weighted by molar-refractivity contribution is -0.685. The Hall–Kier alpha value is -2.97. The number of ether oxygens (including phenoxy) is 2. The second kappa shape index (κ2) is 9.50. The first-order chi connectivity index (χ1) is 12.2. The summed E-state index contributed by atoms with van der Waals surface area (Å²) < 4.78 is 43.8. The molecule has 0 saturated carbocycles. The van der Waals surface area contributed by atoms with E-state index in [1.165, 1.54) is 7.11 Å². The zero-order valence-electron chi connectivity index (χ0n) is 14.6. The number of hydrogen-bond donors (Lipinski definition) is 0. The molecule has 0 aliphatic rings. The number of hydrogen-bond acceptors (Lipinski definition) is 5. The van der Waals surface area contributed by atoms with Crippen molar-refractivity contribution in [2.75, 3.05) is 14.2 Å². The number of nitrogens with zero attached hydrogens (tertiary/aromatic N) is 3. The fourth-order valence-electron chi connectivity index (χ4n) is 1.68. The van der Waals surface area contributed by atoms with Gasteiger partial charge in [-0.3, -0.25) is 0 Å². The van der Waals surface area contributed by atoms with Crippen LogP contribution in [0.3, 0.4) is 0 Å². The number of esters is 1. The van der Waals surface area contributed by atoms with Gasteiger partial charge in [0.25, 0.3) is 0 Å². The molecule has 0 aromatic carbocycles. The van der Waals surface area contributed by atoms with Crippen LogP contribution in [0, 0.1) is 6.92 Å². The monoisotopic (exact) mass is 370 g/mol. The van der Waals surface area contributed by atoms with E-state index in [2.05, 4.69) is 26.0 Å². The minimum absolute atomic E-state index is 0.208. The molecule has 0 aliphatic heterocycles. The van der Waals surface area contributed by atoms with Gasteiger partial charge in [-0.05, 0) is 13.0 Å². The van der Waals surface area contributed by atoms with Gasteiger partial charge in [0, 0.05) is 23.9 Å². The minimum Gasteiger partial charge on any atom is -0.493 e.